The Morgan fingerprint density at radius 1 is 0.853 bits per heavy atom. The van der Waals surface area contributed by atoms with Crippen LogP contribution < -0.4 is 10.6 Å². The van der Waals surface area contributed by atoms with E-state index in [-0.39, 0.29) is 52.9 Å². The molecule has 0 aromatic heterocycles. The summed E-state index contributed by atoms with van der Waals surface area (Å²) in [4.78, 5) is 27.0. The number of phenolic OH excluding ortho intramolecular Hbond substituents is 2. The van der Waals surface area contributed by atoms with E-state index in [1.54, 1.807) is 36.4 Å². The van der Waals surface area contributed by atoms with Gasteiger partial charge in [-0.05, 0) is 55.7 Å². The van der Waals surface area contributed by atoms with Gasteiger partial charge in [0.05, 0.1) is 17.7 Å². The molecule has 4 rings (SSSR count). The molecule has 0 aliphatic heterocycles. The SMILES string of the molecule is CCC(CO)Nc1ccc(NC(C)Cc2cc(O)ccc2O)c2c1C(=O)c1ccccc1C2=O. The van der Waals surface area contributed by atoms with Gasteiger partial charge >= 0.3 is 0 Å². The number of rotatable bonds is 8. The fraction of sp³-hybridized carbons (Fsp3) is 0.259. The van der Waals surface area contributed by atoms with Gasteiger partial charge in [0.2, 0.25) is 0 Å². The van der Waals surface area contributed by atoms with Crippen LogP contribution in [0.2, 0.25) is 0 Å². The van der Waals surface area contributed by atoms with E-state index in [0.29, 0.717) is 40.9 Å². The lowest BCUT2D eigenvalue weighted by Crippen LogP contribution is -2.29. The van der Waals surface area contributed by atoms with Crippen LogP contribution in [0.4, 0.5) is 11.4 Å². The molecule has 0 radical (unpaired) electrons. The number of hydrogen-bond acceptors (Lipinski definition) is 7. The van der Waals surface area contributed by atoms with Gasteiger partial charge in [-0.1, -0.05) is 31.2 Å². The first kappa shape index (κ1) is 23.3. The predicted octanol–water partition coefficient (Wildman–Crippen LogP) is 4.10. The third-order valence-corrected chi connectivity index (χ3v) is 6.14. The Balaban J connectivity index is 1.75. The molecule has 0 spiro atoms. The van der Waals surface area contributed by atoms with Gasteiger partial charge < -0.3 is 26.0 Å². The Kier molecular flexibility index (Phi) is 6.56. The molecule has 3 aromatic carbocycles. The molecule has 34 heavy (non-hydrogen) atoms. The van der Waals surface area contributed by atoms with Crippen LogP contribution in [-0.2, 0) is 6.42 Å². The first-order chi connectivity index (χ1) is 16.3. The maximum atomic E-state index is 13.5. The van der Waals surface area contributed by atoms with E-state index in [2.05, 4.69) is 10.6 Å². The van der Waals surface area contributed by atoms with Crippen molar-refractivity contribution in [3.8, 4) is 11.5 Å². The number of hydrogen-bond donors (Lipinski definition) is 5. The highest BCUT2D eigenvalue weighted by atomic mass is 16.3. The zero-order chi connectivity index (χ0) is 24.4. The van der Waals surface area contributed by atoms with Crippen molar-refractivity contribution >= 4 is 22.9 Å². The third kappa shape index (κ3) is 4.34. The summed E-state index contributed by atoms with van der Waals surface area (Å²) < 4.78 is 0. The van der Waals surface area contributed by atoms with Gasteiger partial charge in [-0.2, -0.15) is 0 Å². The van der Waals surface area contributed by atoms with Crippen LogP contribution in [0, 0.1) is 0 Å². The second-order valence-corrected chi connectivity index (χ2v) is 8.61. The van der Waals surface area contributed by atoms with E-state index >= 15 is 0 Å². The summed E-state index contributed by atoms with van der Waals surface area (Å²) in [6.45, 7) is 3.72. The fourth-order valence-corrected chi connectivity index (χ4v) is 4.34. The Hall–Kier alpha value is -3.84. The first-order valence-corrected chi connectivity index (χ1v) is 11.3. The Bertz CT molecular complexity index is 1250. The van der Waals surface area contributed by atoms with Crippen molar-refractivity contribution in [1.29, 1.82) is 0 Å². The van der Waals surface area contributed by atoms with Crippen LogP contribution in [0.3, 0.4) is 0 Å². The lowest BCUT2D eigenvalue weighted by atomic mass is 9.82. The van der Waals surface area contributed by atoms with E-state index in [1.807, 2.05) is 13.8 Å². The number of phenols is 2. The molecule has 0 bridgehead atoms. The van der Waals surface area contributed by atoms with Crippen LogP contribution in [0.25, 0.3) is 0 Å². The number of aliphatic hydroxyl groups is 1. The number of benzene rings is 3. The number of carbonyl (C=O) groups is 2. The quantitative estimate of drug-likeness (QED) is 0.251. The number of aromatic hydroxyl groups is 2. The summed E-state index contributed by atoms with van der Waals surface area (Å²) in [6.07, 6.45) is 1.03. The van der Waals surface area contributed by atoms with E-state index in [9.17, 15) is 24.9 Å². The largest absolute Gasteiger partial charge is 0.508 e. The molecular formula is C27H28N2O5. The molecule has 7 nitrogen and oxygen atoms in total. The van der Waals surface area contributed by atoms with Gasteiger partial charge in [0, 0.05) is 34.6 Å². The highest BCUT2D eigenvalue weighted by Crippen LogP contribution is 2.37. The van der Waals surface area contributed by atoms with Crippen molar-refractivity contribution in [3.05, 3.63) is 82.4 Å². The molecule has 2 atom stereocenters. The summed E-state index contributed by atoms with van der Waals surface area (Å²) in [5.74, 6) is -0.370. The Morgan fingerprint density at radius 3 is 2.00 bits per heavy atom. The van der Waals surface area contributed by atoms with Crippen LogP contribution in [0.5, 0.6) is 11.5 Å². The van der Waals surface area contributed by atoms with Crippen molar-refractivity contribution in [3.63, 3.8) is 0 Å². The first-order valence-electron chi connectivity index (χ1n) is 11.3. The van der Waals surface area contributed by atoms with Crippen molar-refractivity contribution in [2.45, 2.75) is 38.8 Å². The molecule has 7 heteroatoms. The van der Waals surface area contributed by atoms with E-state index in [1.165, 1.54) is 18.2 Å². The van der Waals surface area contributed by atoms with Crippen LogP contribution >= 0.6 is 0 Å². The molecule has 3 aromatic rings. The fourth-order valence-electron chi connectivity index (χ4n) is 4.34. The topological polar surface area (TPSA) is 119 Å². The van der Waals surface area contributed by atoms with Crippen molar-refractivity contribution in [1.82, 2.24) is 0 Å². The van der Waals surface area contributed by atoms with Crippen LogP contribution in [0.1, 0.15) is 57.7 Å². The van der Waals surface area contributed by atoms with Crippen LogP contribution in [-0.4, -0.2) is 45.6 Å². The smallest absolute Gasteiger partial charge is 0.196 e. The zero-order valence-corrected chi connectivity index (χ0v) is 19.1. The standard InChI is InChI=1S/C27H28N2O5/c1-3-17(14-30)29-22-10-9-21(28-15(2)12-16-13-18(31)8-11-23(16)32)24-25(22)27(34)20-7-5-4-6-19(20)26(24)33/h4-11,13,15,17,28-32H,3,12,14H2,1-2H3. The van der Waals surface area contributed by atoms with Gasteiger partial charge in [-0.25, -0.2) is 0 Å². The van der Waals surface area contributed by atoms with Crippen LogP contribution in [0.15, 0.2) is 54.6 Å². The van der Waals surface area contributed by atoms with Crippen molar-refractivity contribution < 1.29 is 24.9 Å². The Labute approximate surface area is 198 Å². The molecule has 1 aliphatic rings. The summed E-state index contributed by atoms with van der Waals surface area (Å²) in [5.41, 5.74) is 2.86. The zero-order valence-electron chi connectivity index (χ0n) is 19.1. The second-order valence-electron chi connectivity index (χ2n) is 8.61. The lowest BCUT2D eigenvalue weighted by molar-refractivity contribution is 0.0980. The van der Waals surface area contributed by atoms with Gasteiger partial charge in [0.25, 0.3) is 0 Å². The van der Waals surface area contributed by atoms with E-state index in [0.717, 1.165) is 0 Å². The van der Waals surface area contributed by atoms with E-state index in [4.69, 9.17) is 0 Å². The molecule has 0 heterocycles. The molecular weight excluding hydrogens is 432 g/mol. The van der Waals surface area contributed by atoms with Gasteiger partial charge in [0.15, 0.2) is 11.6 Å². The normalized spacial score (nSPS) is 14.2. The summed E-state index contributed by atoms with van der Waals surface area (Å²) in [5, 5.41) is 36.1. The number of aliphatic hydroxyl groups excluding tert-OH is 1. The van der Waals surface area contributed by atoms with Gasteiger partial charge in [-0.3, -0.25) is 9.59 Å². The highest BCUT2D eigenvalue weighted by Gasteiger charge is 2.34. The van der Waals surface area contributed by atoms with Crippen molar-refractivity contribution in [2.75, 3.05) is 17.2 Å². The maximum absolute atomic E-state index is 13.5. The molecule has 2 unspecified atom stereocenters. The molecule has 176 valence electrons. The molecule has 5 N–H and O–H groups in total. The lowest BCUT2D eigenvalue weighted by Gasteiger charge is -2.27. The monoisotopic (exact) mass is 460 g/mol. The molecule has 0 saturated carbocycles. The summed E-state index contributed by atoms with van der Waals surface area (Å²) in [6, 6.07) is 14.1. The molecule has 1 aliphatic carbocycles. The highest BCUT2D eigenvalue weighted by molar-refractivity contribution is 6.31. The minimum Gasteiger partial charge on any atom is -0.508 e. The predicted molar refractivity (Wildman–Crippen MR) is 131 cm³/mol. The number of fused-ring (bicyclic) bond motifs is 2. The molecule has 0 saturated heterocycles. The number of nitrogens with one attached hydrogen (secondary N) is 2. The minimum atomic E-state index is -0.254. The summed E-state index contributed by atoms with van der Waals surface area (Å²) in [7, 11) is 0. The minimum absolute atomic E-state index is 0.0551. The van der Waals surface area contributed by atoms with Crippen molar-refractivity contribution in [2.24, 2.45) is 0 Å². The molecule has 0 amide bonds. The maximum Gasteiger partial charge on any atom is 0.196 e. The number of ketones is 2. The third-order valence-electron chi connectivity index (χ3n) is 6.14. The van der Waals surface area contributed by atoms with Gasteiger partial charge in [0.1, 0.15) is 11.5 Å². The second kappa shape index (κ2) is 9.57. The number of carbonyl (C=O) groups excluding carboxylic acids is 2. The van der Waals surface area contributed by atoms with E-state index < -0.39 is 0 Å². The average molecular weight is 461 g/mol. The summed E-state index contributed by atoms with van der Waals surface area (Å²) >= 11 is 0. The number of anilines is 2. The average Bonchev–Trinajstić information content (AvgIpc) is 2.83. The van der Waals surface area contributed by atoms with Gasteiger partial charge in [-0.15, -0.1) is 0 Å². The molecule has 0 fully saturated rings. The Morgan fingerprint density at radius 2 is 1.44 bits per heavy atom.